The maximum atomic E-state index is 11.7. The van der Waals surface area contributed by atoms with Crippen molar-refractivity contribution in [2.24, 2.45) is 5.92 Å². The van der Waals surface area contributed by atoms with Crippen LogP contribution in [-0.2, 0) is 9.53 Å². The Hall–Kier alpha value is -1.30. The summed E-state index contributed by atoms with van der Waals surface area (Å²) < 4.78 is 5.26. The number of carbonyl (C=O) groups excluding carboxylic acids is 1. The summed E-state index contributed by atoms with van der Waals surface area (Å²) in [6.45, 7) is 5.12. The van der Waals surface area contributed by atoms with E-state index in [-0.39, 0.29) is 6.04 Å². The Kier molecular flexibility index (Phi) is 5.91. The molecule has 104 valence electrons. The van der Waals surface area contributed by atoms with Gasteiger partial charge in [0.25, 0.3) is 0 Å². The molecule has 1 aliphatic heterocycles. The number of nitrogens with one attached hydrogen (secondary N) is 2. The molecule has 0 bridgehead atoms. The fraction of sp³-hybridized carbons (Fsp3) is 0.833. The monoisotopic (exact) mass is 258 g/mol. The van der Waals surface area contributed by atoms with Crippen LogP contribution < -0.4 is 10.6 Å². The molecule has 0 aromatic rings. The molecule has 18 heavy (non-hydrogen) atoms. The lowest BCUT2D eigenvalue weighted by Gasteiger charge is -2.28. The summed E-state index contributed by atoms with van der Waals surface area (Å²) in [7, 11) is 0. The van der Waals surface area contributed by atoms with E-state index in [1.807, 2.05) is 6.92 Å². The van der Waals surface area contributed by atoms with E-state index in [0.29, 0.717) is 12.3 Å². The number of ether oxygens (including phenoxy) is 1. The molecule has 0 aliphatic carbocycles. The van der Waals surface area contributed by atoms with Gasteiger partial charge < -0.3 is 20.5 Å². The Labute approximate surface area is 107 Å². The number of hydrogen-bond donors (Lipinski definition) is 3. The predicted octanol–water partition coefficient (Wildman–Crippen LogP) is 0.964. The van der Waals surface area contributed by atoms with Gasteiger partial charge in [-0.25, -0.2) is 9.59 Å². The van der Waals surface area contributed by atoms with Crippen molar-refractivity contribution >= 4 is 12.0 Å². The number of hydrogen-bond acceptors (Lipinski definition) is 3. The SMILES string of the molecule is CC[C@H](NC(=O)NC(C)C1CCOCC1)C(=O)O. The van der Waals surface area contributed by atoms with Gasteiger partial charge >= 0.3 is 12.0 Å². The van der Waals surface area contributed by atoms with Gasteiger partial charge in [-0.2, -0.15) is 0 Å². The van der Waals surface area contributed by atoms with E-state index in [9.17, 15) is 9.59 Å². The Morgan fingerprint density at radius 3 is 2.44 bits per heavy atom. The Bertz CT molecular complexity index is 290. The number of amides is 2. The second-order valence-corrected chi connectivity index (χ2v) is 4.66. The van der Waals surface area contributed by atoms with E-state index in [2.05, 4.69) is 10.6 Å². The lowest BCUT2D eigenvalue weighted by Crippen LogP contribution is -2.50. The van der Waals surface area contributed by atoms with Crippen LogP contribution >= 0.6 is 0 Å². The molecule has 1 unspecified atom stereocenters. The molecule has 1 fully saturated rings. The van der Waals surface area contributed by atoms with E-state index in [4.69, 9.17) is 9.84 Å². The van der Waals surface area contributed by atoms with Gasteiger partial charge in [-0.15, -0.1) is 0 Å². The van der Waals surface area contributed by atoms with Gasteiger partial charge in [-0.1, -0.05) is 6.92 Å². The highest BCUT2D eigenvalue weighted by Gasteiger charge is 2.23. The van der Waals surface area contributed by atoms with E-state index in [1.54, 1.807) is 6.92 Å². The van der Waals surface area contributed by atoms with Crippen LogP contribution in [0.1, 0.15) is 33.1 Å². The summed E-state index contributed by atoms with van der Waals surface area (Å²) in [4.78, 5) is 22.4. The van der Waals surface area contributed by atoms with Crippen LogP contribution in [0.3, 0.4) is 0 Å². The highest BCUT2D eigenvalue weighted by Crippen LogP contribution is 2.18. The number of carboxylic acids is 1. The summed E-state index contributed by atoms with van der Waals surface area (Å²) in [5, 5.41) is 14.1. The highest BCUT2D eigenvalue weighted by atomic mass is 16.5. The molecular weight excluding hydrogens is 236 g/mol. The molecule has 0 aromatic heterocycles. The first-order chi connectivity index (χ1) is 8.54. The zero-order valence-electron chi connectivity index (χ0n) is 10.9. The van der Waals surface area contributed by atoms with Gasteiger partial charge in [-0.05, 0) is 32.1 Å². The van der Waals surface area contributed by atoms with Crippen LogP contribution in [0.4, 0.5) is 4.79 Å². The normalized spacial score (nSPS) is 19.9. The standard InChI is InChI=1S/C12H22N2O4/c1-3-10(11(15)16)14-12(17)13-8(2)9-4-6-18-7-5-9/h8-10H,3-7H2,1-2H3,(H,15,16)(H2,13,14,17)/t8?,10-/m0/s1. The molecule has 1 heterocycles. The minimum absolute atomic E-state index is 0.0280. The average Bonchev–Trinajstić information content (AvgIpc) is 2.36. The molecule has 6 heteroatoms. The lowest BCUT2D eigenvalue weighted by atomic mass is 9.93. The quantitative estimate of drug-likeness (QED) is 0.685. The molecule has 1 rings (SSSR count). The molecule has 0 spiro atoms. The fourth-order valence-corrected chi connectivity index (χ4v) is 2.08. The van der Waals surface area contributed by atoms with E-state index in [0.717, 1.165) is 26.1 Å². The number of urea groups is 1. The molecule has 3 N–H and O–H groups in total. The molecule has 1 aliphatic rings. The summed E-state index contributed by atoms with van der Waals surface area (Å²) in [6.07, 6.45) is 2.23. The van der Waals surface area contributed by atoms with Crippen molar-refractivity contribution in [2.45, 2.75) is 45.2 Å². The first-order valence-corrected chi connectivity index (χ1v) is 6.42. The van der Waals surface area contributed by atoms with Gasteiger partial charge in [0.15, 0.2) is 0 Å². The van der Waals surface area contributed by atoms with Crippen molar-refractivity contribution in [1.82, 2.24) is 10.6 Å². The number of carboxylic acid groups (broad SMARTS) is 1. The van der Waals surface area contributed by atoms with Crippen molar-refractivity contribution in [3.05, 3.63) is 0 Å². The van der Waals surface area contributed by atoms with Crippen LogP contribution in [0.25, 0.3) is 0 Å². The molecule has 2 atom stereocenters. The third-order valence-electron chi connectivity index (χ3n) is 3.34. The van der Waals surface area contributed by atoms with Crippen LogP contribution in [0.5, 0.6) is 0 Å². The molecular formula is C12H22N2O4. The second kappa shape index (κ2) is 7.20. The average molecular weight is 258 g/mol. The third kappa shape index (κ3) is 4.52. The Morgan fingerprint density at radius 1 is 1.33 bits per heavy atom. The first kappa shape index (κ1) is 14.8. The summed E-state index contributed by atoms with van der Waals surface area (Å²) in [5.41, 5.74) is 0. The van der Waals surface area contributed by atoms with Crippen molar-refractivity contribution in [2.75, 3.05) is 13.2 Å². The summed E-state index contributed by atoms with van der Waals surface area (Å²) in [6, 6.07) is -1.21. The van der Waals surface area contributed by atoms with Crippen molar-refractivity contribution in [1.29, 1.82) is 0 Å². The van der Waals surface area contributed by atoms with Gasteiger partial charge in [0.05, 0.1) is 0 Å². The summed E-state index contributed by atoms with van der Waals surface area (Å²) >= 11 is 0. The zero-order chi connectivity index (χ0) is 13.5. The van der Waals surface area contributed by atoms with Crippen LogP contribution in [0.15, 0.2) is 0 Å². The van der Waals surface area contributed by atoms with Gasteiger partial charge in [0, 0.05) is 19.3 Å². The summed E-state index contributed by atoms with van der Waals surface area (Å²) in [5.74, 6) is -0.610. The van der Waals surface area contributed by atoms with Crippen molar-refractivity contribution < 1.29 is 19.4 Å². The number of rotatable bonds is 5. The topological polar surface area (TPSA) is 87.7 Å². The molecule has 2 amide bonds. The van der Waals surface area contributed by atoms with Gasteiger partial charge in [0.2, 0.25) is 0 Å². The zero-order valence-corrected chi connectivity index (χ0v) is 10.9. The molecule has 0 radical (unpaired) electrons. The van der Waals surface area contributed by atoms with Gasteiger partial charge in [-0.3, -0.25) is 0 Å². The van der Waals surface area contributed by atoms with E-state index < -0.39 is 18.0 Å². The smallest absolute Gasteiger partial charge is 0.326 e. The lowest BCUT2D eigenvalue weighted by molar-refractivity contribution is -0.139. The highest BCUT2D eigenvalue weighted by molar-refractivity contribution is 5.82. The minimum atomic E-state index is -1.01. The Balaban J connectivity index is 2.36. The maximum Gasteiger partial charge on any atom is 0.326 e. The van der Waals surface area contributed by atoms with Gasteiger partial charge in [0.1, 0.15) is 6.04 Å². The first-order valence-electron chi connectivity index (χ1n) is 6.42. The second-order valence-electron chi connectivity index (χ2n) is 4.66. The molecule has 0 saturated carbocycles. The van der Waals surface area contributed by atoms with Crippen LogP contribution in [-0.4, -0.2) is 42.4 Å². The number of carbonyl (C=O) groups is 2. The van der Waals surface area contributed by atoms with E-state index >= 15 is 0 Å². The van der Waals surface area contributed by atoms with Crippen molar-refractivity contribution in [3.8, 4) is 0 Å². The maximum absolute atomic E-state index is 11.7. The third-order valence-corrected chi connectivity index (χ3v) is 3.34. The molecule has 6 nitrogen and oxygen atoms in total. The van der Waals surface area contributed by atoms with Crippen molar-refractivity contribution in [3.63, 3.8) is 0 Å². The molecule has 1 saturated heterocycles. The Morgan fingerprint density at radius 2 is 1.94 bits per heavy atom. The largest absolute Gasteiger partial charge is 0.480 e. The van der Waals surface area contributed by atoms with Crippen LogP contribution in [0, 0.1) is 5.92 Å². The van der Waals surface area contributed by atoms with Crippen LogP contribution in [0.2, 0.25) is 0 Å². The van der Waals surface area contributed by atoms with E-state index in [1.165, 1.54) is 0 Å². The minimum Gasteiger partial charge on any atom is -0.480 e. The fourth-order valence-electron chi connectivity index (χ4n) is 2.08. The number of aliphatic carboxylic acids is 1. The molecule has 0 aromatic carbocycles. The predicted molar refractivity (Wildman–Crippen MR) is 66.4 cm³/mol.